The molecule has 1 aliphatic carbocycles. The minimum atomic E-state index is -0.195. The molecule has 1 fully saturated rings. The second-order valence-electron chi connectivity index (χ2n) is 4.56. The van der Waals surface area contributed by atoms with E-state index < -0.39 is 0 Å². The summed E-state index contributed by atoms with van der Waals surface area (Å²) in [6.07, 6.45) is 4.69. The van der Waals surface area contributed by atoms with Gasteiger partial charge in [0.25, 0.3) is 0 Å². The summed E-state index contributed by atoms with van der Waals surface area (Å²) in [5.41, 5.74) is 0. The molecule has 2 unspecified atom stereocenters. The van der Waals surface area contributed by atoms with Gasteiger partial charge < -0.3 is 0 Å². The number of hydrogen-bond acceptors (Lipinski definition) is 2. The Kier molecular flexibility index (Phi) is 3.56. The Bertz CT molecular complexity index is 381. The van der Waals surface area contributed by atoms with Gasteiger partial charge in [-0.05, 0) is 30.9 Å². The molecule has 0 amide bonds. The normalized spacial score (nSPS) is 29.6. The van der Waals surface area contributed by atoms with Gasteiger partial charge in [-0.1, -0.05) is 38.0 Å². The molecule has 0 bridgehead atoms. The zero-order valence-electron chi connectivity index (χ0n) is 9.65. The minimum absolute atomic E-state index is 0.195. The van der Waals surface area contributed by atoms with Crippen molar-refractivity contribution in [1.29, 1.82) is 5.26 Å². The van der Waals surface area contributed by atoms with Crippen LogP contribution in [0.3, 0.4) is 0 Å². The standard InChI is InChI=1S/C14H17NS/c1-12-7-5-6-10-14(12,11-15)16-13-8-3-2-4-9-13/h2-4,8-9,12H,5-7,10H2,1H3. The molecule has 0 heterocycles. The fraction of sp³-hybridized carbons (Fsp3) is 0.500. The lowest BCUT2D eigenvalue weighted by atomic mass is 9.80. The van der Waals surface area contributed by atoms with Crippen LogP contribution < -0.4 is 0 Å². The lowest BCUT2D eigenvalue weighted by Gasteiger charge is -2.36. The van der Waals surface area contributed by atoms with Crippen molar-refractivity contribution < 1.29 is 0 Å². The lowest BCUT2D eigenvalue weighted by Crippen LogP contribution is -2.34. The Hall–Kier alpha value is -0.940. The third kappa shape index (κ3) is 2.25. The highest BCUT2D eigenvalue weighted by Crippen LogP contribution is 2.46. The largest absolute Gasteiger partial charge is 0.197 e. The van der Waals surface area contributed by atoms with Gasteiger partial charge in [0.1, 0.15) is 4.75 Å². The first-order valence-corrected chi connectivity index (χ1v) is 6.74. The summed E-state index contributed by atoms with van der Waals surface area (Å²) < 4.78 is -0.195. The molecule has 0 radical (unpaired) electrons. The van der Waals surface area contributed by atoms with E-state index in [4.69, 9.17) is 0 Å². The summed E-state index contributed by atoms with van der Waals surface area (Å²) >= 11 is 1.76. The number of hydrogen-bond donors (Lipinski definition) is 0. The Morgan fingerprint density at radius 1 is 1.31 bits per heavy atom. The number of nitriles is 1. The molecule has 0 N–H and O–H groups in total. The molecule has 0 aliphatic heterocycles. The van der Waals surface area contributed by atoms with Crippen molar-refractivity contribution in [3.05, 3.63) is 30.3 Å². The fourth-order valence-electron chi connectivity index (χ4n) is 2.36. The highest BCUT2D eigenvalue weighted by molar-refractivity contribution is 8.01. The van der Waals surface area contributed by atoms with Crippen molar-refractivity contribution in [2.45, 2.75) is 42.2 Å². The third-order valence-corrected chi connectivity index (χ3v) is 5.03. The molecule has 0 aromatic heterocycles. The topological polar surface area (TPSA) is 23.8 Å². The smallest absolute Gasteiger partial charge is 0.110 e. The highest BCUT2D eigenvalue weighted by Gasteiger charge is 2.39. The third-order valence-electron chi connectivity index (χ3n) is 3.46. The van der Waals surface area contributed by atoms with E-state index in [9.17, 15) is 5.26 Å². The first-order valence-electron chi connectivity index (χ1n) is 5.92. The van der Waals surface area contributed by atoms with Crippen LogP contribution in [-0.2, 0) is 0 Å². The number of benzene rings is 1. The van der Waals surface area contributed by atoms with Gasteiger partial charge in [-0.2, -0.15) is 5.26 Å². The van der Waals surface area contributed by atoms with E-state index in [0.29, 0.717) is 5.92 Å². The van der Waals surface area contributed by atoms with Crippen molar-refractivity contribution in [1.82, 2.24) is 0 Å². The van der Waals surface area contributed by atoms with Gasteiger partial charge in [0, 0.05) is 4.90 Å². The SMILES string of the molecule is CC1CCCCC1(C#N)Sc1ccccc1. The summed E-state index contributed by atoms with van der Waals surface area (Å²) in [7, 11) is 0. The van der Waals surface area contributed by atoms with Crippen molar-refractivity contribution in [2.75, 3.05) is 0 Å². The van der Waals surface area contributed by atoms with Crippen LogP contribution in [0.5, 0.6) is 0 Å². The van der Waals surface area contributed by atoms with Crippen LogP contribution in [0.2, 0.25) is 0 Å². The summed E-state index contributed by atoms with van der Waals surface area (Å²) in [4.78, 5) is 1.22. The van der Waals surface area contributed by atoms with Crippen molar-refractivity contribution in [3.8, 4) is 6.07 Å². The van der Waals surface area contributed by atoms with Crippen LogP contribution in [0, 0.1) is 17.2 Å². The van der Waals surface area contributed by atoms with Crippen molar-refractivity contribution >= 4 is 11.8 Å². The van der Waals surface area contributed by atoms with E-state index in [1.807, 2.05) is 18.2 Å². The average molecular weight is 231 g/mol. The number of rotatable bonds is 2. The van der Waals surface area contributed by atoms with E-state index >= 15 is 0 Å². The Morgan fingerprint density at radius 3 is 2.69 bits per heavy atom. The minimum Gasteiger partial charge on any atom is -0.197 e. The van der Waals surface area contributed by atoms with Gasteiger partial charge in [-0.15, -0.1) is 11.8 Å². The lowest BCUT2D eigenvalue weighted by molar-refractivity contribution is 0.344. The number of nitrogens with zero attached hydrogens (tertiary/aromatic N) is 1. The maximum Gasteiger partial charge on any atom is 0.110 e. The van der Waals surface area contributed by atoms with Gasteiger partial charge in [0.05, 0.1) is 6.07 Å². The van der Waals surface area contributed by atoms with E-state index in [-0.39, 0.29) is 4.75 Å². The van der Waals surface area contributed by atoms with Crippen LogP contribution in [0.4, 0.5) is 0 Å². The zero-order chi connectivity index (χ0) is 11.4. The summed E-state index contributed by atoms with van der Waals surface area (Å²) in [5, 5.41) is 9.50. The Balaban J connectivity index is 2.19. The van der Waals surface area contributed by atoms with Gasteiger partial charge in [-0.3, -0.25) is 0 Å². The quantitative estimate of drug-likeness (QED) is 0.759. The Morgan fingerprint density at radius 2 is 2.06 bits per heavy atom. The first-order chi connectivity index (χ1) is 7.77. The molecule has 1 saturated carbocycles. The zero-order valence-corrected chi connectivity index (χ0v) is 10.5. The molecular weight excluding hydrogens is 214 g/mol. The molecule has 0 spiro atoms. The van der Waals surface area contributed by atoms with Crippen molar-refractivity contribution in [3.63, 3.8) is 0 Å². The molecule has 2 heteroatoms. The molecule has 16 heavy (non-hydrogen) atoms. The second-order valence-corrected chi connectivity index (χ2v) is 5.97. The van der Waals surface area contributed by atoms with E-state index in [1.54, 1.807) is 11.8 Å². The predicted octanol–water partition coefficient (Wildman–Crippen LogP) is 4.25. The van der Waals surface area contributed by atoms with Crippen LogP contribution >= 0.6 is 11.8 Å². The molecule has 2 atom stereocenters. The summed E-state index contributed by atoms with van der Waals surface area (Å²) in [6.45, 7) is 2.22. The monoisotopic (exact) mass is 231 g/mol. The molecule has 84 valence electrons. The Labute approximate surface area is 102 Å². The van der Waals surface area contributed by atoms with Crippen LogP contribution in [0.15, 0.2) is 35.2 Å². The second kappa shape index (κ2) is 4.93. The van der Waals surface area contributed by atoms with Gasteiger partial charge in [-0.25, -0.2) is 0 Å². The molecule has 1 aliphatic rings. The highest BCUT2D eigenvalue weighted by atomic mass is 32.2. The van der Waals surface area contributed by atoms with Crippen LogP contribution in [0.1, 0.15) is 32.6 Å². The van der Waals surface area contributed by atoms with Crippen molar-refractivity contribution in [2.24, 2.45) is 5.92 Å². The van der Waals surface area contributed by atoms with Gasteiger partial charge in [0.2, 0.25) is 0 Å². The van der Waals surface area contributed by atoms with E-state index in [0.717, 1.165) is 6.42 Å². The molecule has 2 rings (SSSR count). The molecule has 1 aromatic rings. The number of thioether (sulfide) groups is 1. The van der Waals surface area contributed by atoms with E-state index in [1.165, 1.54) is 24.2 Å². The van der Waals surface area contributed by atoms with Gasteiger partial charge >= 0.3 is 0 Å². The molecular formula is C14H17NS. The summed E-state index contributed by atoms with van der Waals surface area (Å²) in [6, 6.07) is 12.9. The van der Waals surface area contributed by atoms with Crippen LogP contribution in [-0.4, -0.2) is 4.75 Å². The summed E-state index contributed by atoms with van der Waals surface area (Å²) in [5.74, 6) is 0.497. The first kappa shape index (κ1) is 11.5. The molecule has 1 aromatic carbocycles. The average Bonchev–Trinajstić information content (AvgIpc) is 2.34. The maximum atomic E-state index is 9.50. The van der Waals surface area contributed by atoms with Gasteiger partial charge in [0.15, 0.2) is 0 Å². The maximum absolute atomic E-state index is 9.50. The molecule has 1 nitrogen and oxygen atoms in total. The molecule has 0 saturated heterocycles. The fourth-order valence-corrected chi connectivity index (χ4v) is 3.68. The van der Waals surface area contributed by atoms with Crippen LogP contribution in [0.25, 0.3) is 0 Å². The predicted molar refractivity (Wildman–Crippen MR) is 68.3 cm³/mol. The van der Waals surface area contributed by atoms with E-state index in [2.05, 4.69) is 25.1 Å².